The van der Waals surface area contributed by atoms with Gasteiger partial charge in [0.05, 0.1) is 25.3 Å². The molecule has 0 bridgehead atoms. The van der Waals surface area contributed by atoms with E-state index in [0.29, 0.717) is 53.8 Å². The number of rotatable bonds is 5. The zero-order valence-electron chi connectivity index (χ0n) is 16.8. The van der Waals surface area contributed by atoms with Crippen LogP contribution in [0.2, 0.25) is 0 Å². The predicted molar refractivity (Wildman–Crippen MR) is 113 cm³/mol. The number of carbonyl (C=O) groups excluding carboxylic acids is 1. The normalized spacial score (nSPS) is 13.5. The number of aryl methyl sites for hydroxylation is 1. The highest BCUT2D eigenvalue weighted by Gasteiger charge is 2.17. The number of aldehydes is 1. The molecule has 2 aromatic carbocycles. The van der Waals surface area contributed by atoms with Crippen molar-refractivity contribution in [3.8, 4) is 22.8 Å². The van der Waals surface area contributed by atoms with Gasteiger partial charge in [-0.15, -0.1) is 0 Å². The van der Waals surface area contributed by atoms with Crippen LogP contribution >= 0.6 is 0 Å². The van der Waals surface area contributed by atoms with Gasteiger partial charge in [-0.1, -0.05) is 18.2 Å². The lowest BCUT2D eigenvalue weighted by Crippen LogP contribution is -2.36. The molecule has 1 saturated heterocycles. The highest BCUT2D eigenvalue weighted by molar-refractivity contribution is 5.79. The highest BCUT2D eigenvalue weighted by atomic mass is 19.1. The van der Waals surface area contributed by atoms with Gasteiger partial charge in [-0.3, -0.25) is 4.79 Å². The molecule has 3 aromatic rings. The van der Waals surface area contributed by atoms with Crippen LogP contribution < -0.4 is 9.64 Å². The Balaban J connectivity index is 1.73. The van der Waals surface area contributed by atoms with Crippen LogP contribution in [0.25, 0.3) is 16.0 Å². The van der Waals surface area contributed by atoms with Crippen LogP contribution in [-0.4, -0.2) is 42.6 Å². The third kappa shape index (κ3) is 4.52. The van der Waals surface area contributed by atoms with Crippen molar-refractivity contribution in [2.75, 3.05) is 31.2 Å². The minimum atomic E-state index is -0.625. The highest BCUT2D eigenvalue weighted by Crippen LogP contribution is 2.37. The van der Waals surface area contributed by atoms with Gasteiger partial charge in [0.1, 0.15) is 23.2 Å². The summed E-state index contributed by atoms with van der Waals surface area (Å²) in [6.07, 6.45) is 0.468. The number of ether oxygens (including phenoxy) is 2. The van der Waals surface area contributed by atoms with E-state index in [0.717, 1.165) is 18.9 Å². The predicted octanol–water partition coefficient (Wildman–Crippen LogP) is 4.58. The number of aromatic nitrogens is 2. The molecular weight excluding hydrogens is 399 g/mol. The van der Waals surface area contributed by atoms with Crippen LogP contribution in [0.4, 0.5) is 15.9 Å². The summed E-state index contributed by atoms with van der Waals surface area (Å²) < 4.78 is 25.7. The maximum Gasteiger partial charge on any atom is 0.224 e. The van der Waals surface area contributed by atoms with E-state index in [1.54, 1.807) is 37.3 Å². The number of hydrogen-bond donors (Lipinski definition) is 0. The Bertz CT molecular complexity index is 1170. The molecule has 1 aromatic heterocycles. The number of benzene rings is 2. The third-order valence-electron chi connectivity index (χ3n) is 4.88. The van der Waals surface area contributed by atoms with Crippen LogP contribution in [0.3, 0.4) is 0 Å². The van der Waals surface area contributed by atoms with Gasteiger partial charge in [-0.25, -0.2) is 14.2 Å². The van der Waals surface area contributed by atoms with Crippen LogP contribution in [0.5, 0.6) is 11.6 Å². The molecule has 156 valence electrons. The molecule has 7 nitrogen and oxygen atoms in total. The molecule has 1 aliphatic rings. The van der Waals surface area contributed by atoms with Crippen molar-refractivity contribution in [3.63, 3.8) is 0 Å². The zero-order chi connectivity index (χ0) is 21.8. The summed E-state index contributed by atoms with van der Waals surface area (Å²) in [5.74, 6) is 1.33. The van der Waals surface area contributed by atoms with Crippen LogP contribution in [0.1, 0.15) is 16.2 Å². The molecule has 0 radical (unpaired) electrons. The SMILES string of the molecule is [C-]#[N+]c1ccc(-c2ccc(C=O)c(F)c2)c(Oc2cc(N3CCOCC3)nc(C)n2)c1. The first-order valence-corrected chi connectivity index (χ1v) is 9.70. The molecule has 0 aliphatic carbocycles. The summed E-state index contributed by atoms with van der Waals surface area (Å²) in [6.45, 7) is 11.8. The lowest BCUT2D eigenvalue weighted by Gasteiger charge is -2.28. The number of carbonyl (C=O) groups is 1. The number of morpholine rings is 1. The van der Waals surface area contributed by atoms with E-state index in [9.17, 15) is 9.18 Å². The van der Waals surface area contributed by atoms with Crippen molar-refractivity contribution in [2.24, 2.45) is 0 Å². The Morgan fingerprint density at radius 3 is 2.68 bits per heavy atom. The monoisotopic (exact) mass is 418 g/mol. The molecule has 0 N–H and O–H groups in total. The molecule has 0 spiro atoms. The summed E-state index contributed by atoms with van der Waals surface area (Å²) in [4.78, 5) is 25.3. The average Bonchev–Trinajstić information content (AvgIpc) is 2.79. The maximum absolute atomic E-state index is 14.2. The number of halogens is 1. The molecule has 0 atom stereocenters. The van der Waals surface area contributed by atoms with Gasteiger partial charge >= 0.3 is 0 Å². The minimum absolute atomic E-state index is 0.0226. The van der Waals surface area contributed by atoms with Gasteiger partial charge in [0.2, 0.25) is 5.88 Å². The topological polar surface area (TPSA) is 68.9 Å². The Labute approximate surface area is 178 Å². The number of anilines is 1. The second-order valence-corrected chi connectivity index (χ2v) is 6.96. The van der Waals surface area contributed by atoms with E-state index in [-0.39, 0.29) is 5.56 Å². The van der Waals surface area contributed by atoms with Gasteiger partial charge in [0.25, 0.3) is 0 Å². The molecule has 31 heavy (non-hydrogen) atoms. The fourth-order valence-electron chi connectivity index (χ4n) is 3.34. The Morgan fingerprint density at radius 2 is 1.97 bits per heavy atom. The minimum Gasteiger partial charge on any atom is -0.440 e. The van der Waals surface area contributed by atoms with E-state index < -0.39 is 5.82 Å². The molecule has 8 heteroatoms. The summed E-state index contributed by atoms with van der Waals surface area (Å²) in [7, 11) is 0. The van der Waals surface area contributed by atoms with Crippen LogP contribution in [0.15, 0.2) is 42.5 Å². The van der Waals surface area contributed by atoms with Crippen molar-refractivity contribution in [2.45, 2.75) is 6.92 Å². The van der Waals surface area contributed by atoms with Crippen LogP contribution in [0, 0.1) is 19.3 Å². The van der Waals surface area contributed by atoms with Crippen molar-refractivity contribution >= 4 is 17.8 Å². The molecule has 1 fully saturated rings. The van der Waals surface area contributed by atoms with Gasteiger partial charge in [0, 0.05) is 24.7 Å². The first kappa shape index (κ1) is 20.4. The van der Waals surface area contributed by atoms with E-state index >= 15 is 0 Å². The maximum atomic E-state index is 14.2. The van der Waals surface area contributed by atoms with Crippen molar-refractivity contribution in [1.82, 2.24) is 9.97 Å². The molecule has 0 amide bonds. The summed E-state index contributed by atoms with van der Waals surface area (Å²) >= 11 is 0. The van der Waals surface area contributed by atoms with E-state index in [4.69, 9.17) is 16.0 Å². The van der Waals surface area contributed by atoms with Gasteiger partial charge in [0.15, 0.2) is 12.0 Å². The van der Waals surface area contributed by atoms with Gasteiger partial charge < -0.3 is 14.4 Å². The molecule has 0 unspecified atom stereocenters. The van der Waals surface area contributed by atoms with Gasteiger partial charge in [-0.2, -0.15) is 4.98 Å². The Kier molecular flexibility index (Phi) is 5.87. The zero-order valence-corrected chi connectivity index (χ0v) is 16.8. The van der Waals surface area contributed by atoms with Crippen molar-refractivity contribution < 1.29 is 18.7 Å². The average molecular weight is 418 g/mol. The second-order valence-electron chi connectivity index (χ2n) is 6.96. The van der Waals surface area contributed by atoms with E-state index in [1.807, 2.05) is 0 Å². The molecule has 4 rings (SSSR count). The molecule has 0 saturated carbocycles. The fourth-order valence-corrected chi connectivity index (χ4v) is 3.34. The van der Waals surface area contributed by atoms with E-state index in [1.165, 1.54) is 12.1 Å². The number of nitrogens with zero attached hydrogens (tertiary/aromatic N) is 4. The molecule has 2 heterocycles. The second kappa shape index (κ2) is 8.90. The van der Waals surface area contributed by atoms with Crippen LogP contribution in [-0.2, 0) is 4.74 Å². The molecule has 1 aliphatic heterocycles. The Morgan fingerprint density at radius 1 is 1.16 bits per heavy atom. The first-order valence-electron chi connectivity index (χ1n) is 9.70. The van der Waals surface area contributed by atoms with Crippen molar-refractivity contribution in [1.29, 1.82) is 0 Å². The quantitative estimate of drug-likeness (QED) is 0.446. The summed E-state index contributed by atoms with van der Waals surface area (Å²) in [5.41, 5.74) is 1.45. The third-order valence-corrected chi connectivity index (χ3v) is 4.88. The lowest BCUT2D eigenvalue weighted by atomic mass is 10.0. The standard InChI is InChI=1S/C23H19FN4O3/c1-15-26-22(28-7-9-30-10-8-28)13-23(27-15)31-21-12-18(25-2)5-6-19(21)16-3-4-17(14-29)20(24)11-16/h3-6,11-14H,7-10H2,1H3. The lowest BCUT2D eigenvalue weighted by molar-refractivity contribution is 0.112. The number of hydrogen-bond acceptors (Lipinski definition) is 6. The Hall–Kier alpha value is -3.83. The van der Waals surface area contributed by atoms with Crippen molar-refractivity contribution in [3.05, 3.63) is 71.1 Å². The summed E-state index contributed by atoms with van der Waals surface area (Å²) in [6, 6.07) is 11.0. The molecular formula is C23H19FN4O3. The smallest absolute Gasteiger partial charge is 0.224 e. The fraction of sp³-hybridized carbons (Fsp3) is 0.217. The first-order chi connectivity index (χ1) is 15.1. The summed E-state index contributed by atoms with van der Waals surface area (Å²) in [5, 5.41) is 0. The largest absolute Gasteiger partial charge is 0.440 e. The van der Waals surface area contributed by atoms with Gasteiger partial charge in [-0.05, 0) is 30.7 Å². The van der Waals surface area contributed by atoms with E-state index in [2.05, 4.69) is 19.7 Å².